The zero-order valence-corrected chi connectivity index (χ0v) is 18.2. The molecule has 8 heteroatoms. The van der Waals surface area contributed by atoms with Crippen molar-refractivity contribution >= 4 is 29.9 Å². The van der Waals surface area contributed by atoms with Crippen LogP contribution in [0.3, 0.4) is 0 Å². The van der Waals surface area contributed by atoms with Crippen LogP contribution in [0.1, 0.15) is 32.2 Å². The van der Waals surface area contributed by atoms with E-state index in [0.717, 1.165) is 36.2 Å². The predicted molar refractivity (Wildman–Crippen MR) is 115 cm³/mol. The molecule has 144 valence electrons. The number of benzene rings is 1. The van der Waals surface area contributed by atoms with E-state index in [4.69, 9.17) is 4.74 Å². The van der Waals surface area contributed by atoms with Gasteiger partial charge in [-0.05, 0) is 30.5 Å². The number of hydrogen-bond acceptors (Lipinski definition) is 4. The second-order valence-corrected chi connectivity index (χ2v) is 6.20. The molecule has 1 aromatic carbocycles. The van der Waals surface area contributed by atoms with E-state index in [1.54, 1.807) is 11.0 Å². The lowest BCUT2D eigenvalue weighted by atomic mass is 10.2. The number of aryl methyl sites for hydroxylation is 1. The van der Waals surface area contributed by atoms with Gasteiger partial charge in [-0.3, -0.25) is 4.68 Å². The summed E-state index contributed by atoms with van der Waals surface area (Å²) in [4.78, 5) is 8.81. The Bertz CT molecular complexity index is 669. The molecular weight excluding hydrogens is 443 g/mol. The van der Waals surface area contributed by atoms with Crippen LogP contribution in [0, 0.1) is 5.92 Å². The molecule has 0 fully saturated rings. The molecule has 7 nitrogen and oxygen atoms in total. The Morgan fingerprint density at radius 3 is 2.54 bits per heavy atom. The summed E-state index contributed by atoms with van der Waals surface area (Å²) < 4.78 is 7.44. The van der Waals surface area contributed by atoms with Gasteiger partial charge >= 0.3 is 0 Å². The molecule has 2 N–H and O–H groups in total. The van der Waals surface area contributed by atoms with Crippen LogP contribution in [0.2, 0.25) is 0 Å². The third kappa shape index (κ3) is 7.59. The molecule has 26 heavy (non-hydrogen) atoms. The van der Waals surface area contributed by atoms with Crippen molar-refractivity contribution in [2.75, 3.05) is 13.2 Å². The van der Waals surface area contributed by atoms with Crippen LogP contribution >= 0.6 is 24.0 Å². The van der Waals surface area contributed by atoms with Gasteiger partial charge in [0.1, 0.15) is 17.9 Å². The molecule has 0 saturated heterocycles. The number of halogens is 1. The monoisotopic (exact) mass is 472 g/mol. The summed E-state index contributed by atoms with van der Waals surface area (Å²) in [6.07, 6.45) is 1.55. The third-order valence-electron chi connectivity index (χ3n) is 3.49. The zero-order valence-electron chi connectivity index (χ0n) is 15.9. The number of aliphatic imine (C=N–C) groups is 1. The van der Waals surface area contributed by atoms with E-state index >= 15 is 0 Å². The average Bonchev–Trinajstić information content (AvgIpc) is 3.01. The molecule has 2 rings (SSSR count). The fourth-order valence-electron chi connectivity index (χ4n) is 2.11. The maximum absolute atomic E-state index is 5.70. The number of guanidine groups is 1. The summed E-state index contributed by atoms with van der Waals surface area (Å²) in [7, 11) is 1.87. The normalized spacial score (nSPS) is 11.2. The first-order chi connectivity index (χ1) is 12.1. The largest absolute Gasteiger partial charge is 0.493 e. The Labute approximate surface area is 172 Å². The van der Waals surface area contributed by atoms with E-state index in [0.29, 0.717) is 19.0 Å². The van der Waals surface area contributed by atoms with Crippen molar-refractivity contribution in [1.29, 1.82) is 0 Å². The molecule has 0 spiro atoms. The highest BCUT2D eigenvalue weighted by molar-refractivity contribution is 14.0. The van der Waals surface area contributed by atoms with Crippen LogP contribution in [-0.2, 0) is 20.1 Å². The van der Waals surface area contributed by atoms with Crippen LogP contribution in [0.4, 0.5) is 0 Å². The minimum atomic E-state index is 0. The summed E-state index contributed by atoms with van der Waals surface area (Å²) in [5.41, 5.74) is 1.13. The molecule has 0 bridgehead atoms. The Kier molecular flexibility index (Phi) is 10.0. The molecule has 2 aromatic rings. The van der Waals surface area contributed by atoms with Gasteiger partial charge in [-0.1, -0.05) is 26.0 Å². The maximum atomic E-state index is 5.70. The fourth-order valence-corrected chi connectivity index (χ4v) is 2.11. The number of rotatable bonds is 8. The van der Waals surface area contributed by atoms with Crippen molar-refractivity contribution < 1.29 is 4.74 Å². The first kappa shape index (κ1) is 22.2. The van der Waals surface area contributed by atoms with Gasteiger partial charge in [0.2, 0.25) is 0 Å². The summed E-state index contributed by atoms with van der Waals surface area (Å²) in [6, 6.07) is 8.08. The average molecular weight is 472 g/mol. The van der Waals surface area contributed by atoms with Crippen molar-refractivity contribution in [2.45, 2.75) is 33.9 Å². The molecule has 0 radical (unpaired) electrons. The Morgan fingerprint density at radius 2 is 1.96 bits per heavy atom. The molecule has 0 saturated carbocycles. The highest BCUT2D eigenvalue weighted by Crippen LogP contribution is 2.13. The van der Waals surface area contributed by atoms with Gasteiger partial charge in [0.25, 0.3) is 0 Å². The summed E-state index contributed by atoms with van der Waals surface area (Å²) >= 11 is 0. The van der Waals surface area contributed by atoms with Gasteiger partial charge in [-0.15, -0.1) is 24.0 Å². The maximum Gasteiger partial charge on any atom is 0.191 e. The van der Waals surface area contributed by atoms with E-state index in [-0.39, 0.29) is 24.0 Å². The van der Waals surface area contributed by atoms with Crippen molar-refractivity contribution in [3.8, 4) is 5.75 Å². The molecule has 0 aliphatic carbocycles. The Balaban J connectivity index is 0.00000338. The van der Waals surface area contributed by atoms with E-state index in [9.17, 15) is 0 Å². The van der Waals surface area contributed by atoms with E-state index < -0.39 is 0 Å². The number of aromatic nitrogens is 3. The van der Waals surface area contributed by atoms with Crippen molar-refractivity contribution in [1.82, 2.24) is 25.4 Å². The fraction of sp³-hybridized carbons (Fsp3) is 0.500. The second kappa shape index (κ2) is 11.7. The lowest BCUT2D eigenvalue weighted by molar-refractivity contribution is 0.271. The summed E-state index contributed by atoms with van der Waals surface area (Å²) in [5.74, 6) is 3.03. The molecule has 0 aliphatic rings. The van der Waals surface area contributed by atoms with Crippen molar-refractivity contribution in [2.24, 2.45) is 18.0 Å². The Morgan fingerprint density at radius 1 is 1.23 bits per heavy atom. The summed E-state index contributed by atoms with van der Waals surface area (Å²) in [5, 5.41) is 10.6. The standard InChI is InChI=1S/C18H28N6O.HI/c1-5-19-18(21-11-17-22-13-23-24(17)4)20-10-15-6-8-16(9-7-15)25-12-14(2)3;/h6-9,13-14H,5,10-12H2,1-4H3,(H2,19,20,21);1H. The van der Waals surface area contributed by atoms with Crippen LogP contribution in [-0.4, -0.2) is 33.9 Å². The SMILES string of the molecule is CCNC(=NCc1ccc(OCC(C)C)cc1)NCc1ncnn1C.I. The second-order valence-electron chi connectivity index (χ2n) is 6.20. The van der Waals surface area contributed by atoms with Crippen LogP contribution in [0.25, 0.3) is 0 Å². The minimum Gasteiger partial charge on any atom is -0.493 e. The molecule has 1 aromatic heterocycles. The van der Waals surface area contributed by atoms with Crippen LogP contribution in [0.5, 0.6) is 5.75 Å². The lowest BCUT2D eigenvalue weighted by Crippen LogP contribution is -2.37. The lowest BCUT2D eigenvalue weighted by Gasteiger charge is -2.11. The van der Waals surface area contributed by atoms with E-state index in [2.05, 4.69) is 39.6 Å². The van der Waals surface area contributed by atoms with Gasteiger partial charge < -0.3 is 15.4 Å². The molecular formula is C18H29IN6O. The van der Waals surface area contributed by atoms with E-state index in [1.807, 2.05) is 38.2 Å². The Hall–Kier alpha value is -1.84. The molecule has 0 unspecified atom stereocenters. The predicted octanol–water partition coefficient (Wildman–Crippen LogP) is 2.72. The molecule has 0 amide bonds. The van der Waals surface area contributed by atoms with Crippen molar-refractivity contribution in [3.63, 3.8) is 0 Å². The minimum absolute atomic E-state index is 0. The first-order valence-corrected chi connectivity index (χ1v) is 8.65. The van der Waals surface area contributed by atoms with Gasteiger partial charge in [0, 0.05) is 13.6 Å². The highest BCUT2D eigenvalue weighted by atomic mass is 127. The molecule has 1 heterocycles. The first-order valence-electron chi connectivity index (χ1n) is 8.65. The van der Waals surface area contributed by atoms with Crippen LogP contribution in [0.15, 0.2) is 35.6 Å². The summed E-state index contributed by atoms with van der Waals surface area (Å²) in [6.45, 7) is 9.02. The van der Waals surface area contributed by atoms with Crippen molar-refractivity contribution in [3.05, 3.63) is 42.0 Å². The number of nitrogens with zero attached hydrogens (tertiary/aromatic N) is 4. The van der Waals surface area contributed by atoms with Crippen LogP contribution < -0.4 is 15.4 Å². The number of ether oxygens (including phenoxy) is 1. The highest BCUT2D eigenvalue weighted by Gasteiger charge is 2.03. The van der Waals surface area contributed by atoms with Gasteiger partial charge in [0.05, 0.1) is 19.7 Å². The number of hydrogen-bond donors (Lipinski definition) is 2. The third-order valence-corrected chi connectivity index (χ3v) is 3.49. The topological polar surface area (TPSA) is 76.4 Å². The van der Waals surface area contributed by atoms with E-state index in [1.165, 1.54) is 0 Å². The van der Waals surface area contributed by atoms with Gasteiger partial charge in [0.15, 0.2) is 5.96 Å². The zero-order chi connectivity index (χ0) is 18.1. The quantitative estimate of drug-likeness (QED) is 0.351. The smallest absolute Gasteiger partial charge is 0.191 e. The van der Waals surface area contributed by atoms with Gasteiger partial charge in [-0.2, -0.15) is 5.10 Å². The van der Waals surface area contributed by atoms with Gasteiger partial charge in [-0.25, -0.2) is 9.98 Å². The number of nitrogens with one attached hydrogen (secondary N) is 2. The molecule has 0 atom stereocenters. The molecule has 0 aliphatic heterocycles.